The number of hydrogen-bond donors (Lipinski definition) is 5. The third kappa shape index (κ3) is 9.18. The number of nitrogens with zero attached hydrogens (tertiary/aromatic N) is 3. The molecular formula is C70H86N8. The number of rotatable bonds is 14. The van der Waals surface area contributed by atoms with Crippen molar-refractivity contribution in [1.29, 1.82) is 0 Å². The van der Waals surface area contributed by atoms with E-state index in [1.807, 2.05) is 0 Å². The lowest BCUT2D eigenvalue weighted by molar-refractivity contribution is 0.394. The summed E-state index contributed by atoms with van der Waals surface area (Å²) >= 11 is 0. The Morgan fingerprint density at radius 2 is 1.35 bits per heavy atom. The fourth-order valence-electron chi connectivity index (χ4n) is 15.9. The molecule has 4 atom stereocenters. The average molecular weight is 1040 g/mol. The Kier molecular flexibility index (Phi) is 14.9. The van der Waals surface area contributed by atoms with Gasteiger partial charge in [0.05, 0.1) is 39.0 Å². The lowest BCUT2D eigenvalue weighted by Crippen LogP contribution is -2.49. The van der Waals surface area contributed by atoms with Crippen LogP contribution in [-0.2, 0) is 6.42 Å². The first-order chi connectivity index (χ1) is 38.2. The largest absolute Gasteiger partial charge is 0.396 e. The number of nitrogens with two attached hydrogens (primary N) is 5. The summed E-state index contributed by atoms with van der Waals surface area (Å²) in [6.07, 6.45) is 41.1. The zero-order valence-electron chi connectivity index (χ0n) is 46.9. The van der Waals surface area contributed by atoms with Crippen LogP contribution in [0.1, 0.15) is 183 Å². The van der Waals surface area contributed by atoms with Gasteiger partial charge in [0.1, 0.15) is 0 Å². The van der Waals surface area contributed by atoms with Crippen LogP contribution in [0.4, 0.5) is 5.69 Å². The molecule has 8 heteroatoms. The van der Waals surface area contributed by atoms with Gasteiger partial charge in [0.25, 0.3) is 0 Å². The van der Waals surface area contributed by atoms with Gasteiger partial charge in [-0.2, -0.15) is 0 Å². The third-order valence-corrected chi connectivity index (χ3v) is 19.2. The molecule has 4 unspecified atom stereocenters. The molecule has 0 amide bonds. The number of unbranched alkanes of at least 4 members (excludes halogenated alkanes) is 1. The van der Waals surface area contributed by atoms with Crippen LogP contribution in [0, 0.1) is 5.92 Å². The van der Waals surface area contributed by atoms with E-state index in [1.54, 1.807) is 0 Å². The van der Waals surface area contributed by atoms with Gasteiger partial charge in [0, 0.05) is 50.6 Å². The van der Waals surface area contributed by atoms with Gasteiger partial charge in [-0.3, -0.25) is 0 Å². The van der Waals surface area contributed by atoms with E-state index in [0.29, 0.717) is 19.5 Å². The molecule has 4 bridgehead atoms. The van der Waals surface area contributed by atoms with Gasteiger partial charge in [-0.1, -0.05) is 116 Å². The number of anilines is 1. The standard InChI is InChI=1S/C70H86N8/c1-3-5-26-51(46-72)64-56-30-9-12-35-60(56)77(62(64)20-4-2)67-50-28-18-42-70(75,45-50)68(78-61-36-13-10-31-57(61)65(73)63(78)38-15-23-47-21-6-7-22-47)55-33-16-32-54(55)66(49-27-17-41-69(67,74)44-49)76-58-34-11-8-29-52(58)53-40-39-48(25-19-43-71)24-14-37-59(53)76/h4,8-15,20,23-24,29-31,34-38,51,54H,3,5-7,16-19,21-22,25-28,32-33,39-46,71-75H2,1-2H3/b20-4-,37-14-,38-15-,48-24-,66-49+,67-50+,68-55+. The van der Waals surface area contributed by atoms with E-state index in [-0.39, 0.29) is 11.8 Å². The second-order valence-electron chi connectivity index (χ2n) is 24.2. The topological polar surface area (TPSA) is 145 Å². The van der Waals surface area contributed by atoms with Crippen molar-refractivity contribution < 1.29 is 0 Å². The molecule has 0 radical (unpaired) electrons. The normalized spacial score (nSPS) is 27.3. The van der Waals surface area contributed by atoms with Crippen LogP contribution in [0.3, 0.4) is 0 Å². The van der Waals surface area contributed by atoms with Crippen molar-refractivity contribution in [2.45, 2.75) is 172 Å². The first-order valence-corrected chi connectivity index (χ1v) is 30.4. The van der Waals surface area contributed by atoms with E-state index < -0.39 is 11.1 Å². The van der Waals surface area contributed by atoms with E-state index in [1.165, 1.54) is 115 Å². The summed E-state index contributed by atoms with van der Waals surface area (Å²) in [7, 11) is 0. The monoisotopic (exact) mass is 1040 g/mol. The molecular weight excluding hydrogens is 953 g/mol. The molecule has 3 heterocycles. The number of fused-ring (bicyclic) bond motifs is 10. The molecule has 0 spiro atoms. The Balaban J connectivity index is 1.20. The van der Waals surface area contributed by atoms with Crippen LogP contribution in [0.25, 0.3) is 68.0 Å². The highest BCUT2D eigenvalue weighted by molar-refractivity contribution is 6.01. The predicted octanol–water partition coefficient (Wildman–Crippen LogP) is 15.9. The number of benzene rings is 3. The van der Waals surface area contributed by atoms with Gasteiger partial charge in [-0.25, -0.2) is 0 Å². The quantitative estimate of drug-likeness (QED) is 0.0738. The number of allylic oxidation sites excluding steroid dienone is 9. The van der Waals surface area contributed by atoms with Crippen molar-refractivity contribution in [3.8, 4) is 0 Å². The molecule has 3 aromatic heterocycles. The lowest BCUT2D eigenvalue weighted by atomic mass is 9.70. The van der Waals surface area contributed by atoms with Crippen LogP contribution in [0.2, 0.25) is 0 Å². The summed E-state index contributed by atoms with van der Waals surface area (Å²) in [5.74, 6) is 0.304. The van der Waals surface area contributed by atoms with Crippen molar-refractivity contribution in [2.75, 3.05) is 18.8 Å². The summed E-state index contributed by atoms with van der Waals surface area (Å²) in [5.41, 5.74) is 58.4. The minimum atomic E-state index is -0.756. The van der Waals surface area contributed by atoms with E-state index in [9.17, 15) is 0 Å². The number of nitrogen functional groups attached to an aromatic ring is 1. The van der Waals surface area contributed by atoms with Gasteiger partial charge in [-0.05, 0) is 219 Å². The number of hydrogen-bond acceptors (Lipinski definition) is 5. The number of para-hydroxylation sites is 3. The summed E-state index contributed by atoms with van der Waals surface area (Å²) in [5, 5.41) is 3.71. The SMILES string of the molecule is C/C=C\c1c(C(CN)CCCC)c2ccccc2n1/C1=C2\CCCC(N)(C2)/C(n2c(/C=C\C=C3CCCC3)c(N)c3ccccc32)=C2/CCCC2/C(n2c3c(c4ccccc42)CC/C(CCCN)=C\C=C/3)=C2/CCCC1(N)C2. The van der Waals surface area contributed by atoms with Crippen molar-refractivity contribution >= 4 is 73.7 Å². The van der Waals surface area contributed by atoms with Crippen molar-refractivity contribution in [3.05, 3.63) is 159 Å². The van der Waals surface area contributed by atoms with Gasteiger partial charge in [0.2, 0.25) is 0 Å². The van der Waals surface area contributed by atoms with Gasteiger partial charge < -0.3 is 42.4 Å². The Labute approximate surface area is 464 Å². The molecule has 8 nitrogen and oxygen atoms in total. The fraction of sp³-hybridized carbons (Fsp3) is 0.429. The highest BCUT2D eigenvalue weighted by atomic mass is 15.1. The van der Waals surface area contributed by atoms with E-state index >= 15 is 0 Å². The molecule has 0 saturated heterocycles. The van der Waals surface area contributed by atoms with Crippen LogP contribution < -0.4 is 28.7 Å². The molecule has 6 aliphatic rings. The minimum absolute atomic E-state index is 0.0976. The first kappa shape index (κ1) is 52.5. The molecule has 4 saturated carbocycles. The van der Waals surface area contributed by atoms with Crippen LogP contribution in [0.5, 0.6) is 0 Å². The Morgan fingerprint density at radius 1 is 0.679 bits per heavy atom. The van der Waals surface area contributed by atoms with Crippen LogP contribution >= 0.6 is 0 Å². The fourth-order valence-corrected chi connectivity index (χ4v) is 15.9. The van der Waals surface area contributed by atoms with E-state index in [2.05, 4.69) is 149 Å². The zero-order valence-corrected chi connectivity index (χ0v) is 46.9. The second kappa shape index (κ2) is 22.2. The van der Waals surface area contributed by atoms with Crippen molar-refractivity contribution in [2.24, 2.45) is 28.9 Å². The average Bonchev–Trinajstić information content (AvgIpc) is 4.34. The maximum absolute atomic E-state index is 8.66. The number of aromatic nitrogens is 3. The van der Waals surface area contributed by atoms with Gasteiger partial charge in [-0.15, -0.1) is 0 Å². The van der Waals surface area contributed by atoms with Crippen LogP contribution in [-0.4, -0.2) is 37.9 Å². The molecule has 4 fully saturated rings. The van der Waals surface area contributed by atoms with E-state index in [0.717, 1.165) is 131 Å². The van der Waals surface area contributed by atoms with Crippen LogP contribution in [0.15, 0.2) is 131 Å². The molecule has 0 aliphatic heterocycles. The summed E-state index contributed by atoms with van der Waals surface area (Å²) in [6.45, 7) is 5.76. The highest BCUT2D eigenvalue weighted by Gasteiger charge is 2.48. The third-order valence-electron chi connectivity index (χ3n) is 19.2. The molecule has 12 rings (SSSR count). The van der Waals surface area contributed by atoms with Gasteiger partial charge >= 0.3 is 0 Å². The molecule has 10 N–H and O–H groups in total. The maximum Gasteiger partial charge on any atom is 0.0696 e. The molecule has 6 aliphatic carbocycles. The lowest BCUT2D eigenvalue weighted by Gasteiger charge is -2.44. The zero-order chi connectivity index (χ0) is 53.5. The summed E-state index contributed by atoms with van der Waals surface area (Å²) in [4.78, 5) is 0. The highest BCUT2D eigenvalue weighted by Crippen LogP contribution is 2.56. The molecule has 406 valence electrons. The Hall–Kier alpha value is -6.16. The predicted molar refractivity (Wildman–Crippen MR) is 333 cm³/mol. The smallest absolute Gasteiger partial charge is 0.0696 e. The Bertz CT molecular complexity index is 3520. The summed E-state index contributed by atoms with van der Waals surface area (Å²) in [6, 6.07) is 27.3. The summed E-state index contributed by atoms with van der Waals surface area (Å²) < 4.78 is 7.98. The molecule has 78 heavy (non-hydrogen) atoms. The first-order valence-electron chi connectivity index (χ1n) is 30.4. The maximum atomic E-state index is 8.66. The molecule has 6 aromatic rings. The molecule has 3 aromatic carbocycles. The Morgan fingerprint density at radius 3 is 2.08 bits per heavy atom. The van der Waals surface area contributed by atoms with Crippen molar-refractivity contribution in [1.82, 2.24) is 13.7 Å². The number of aryl methyl sites for hydroxylation is 1. The van der Waals surface area contributed by atoms with E-state index in [4.69, 9.17) is 28.7 Å². The van der Waals surface area contributed by atoms with Gasteiger partial charge in [0.15, 0.2) is 0 Å². The van der Waals surface area contributed by atoms with Crippen molar-refractivity contribution in [3.63, 3.8) is 0 Å². The minimum Gasteiger partial charge on any atom is -0.396 e. The second-order valence-corrected chi connectivity index (χ2v) is 24.2.